The van der Waals surface area contributed by atoms with Crippen molar-refractivity contribution >= 4 is 0 Å². The Morgan fingerprint density at radius 1 is 1.37 bits per heavy atom. The highest BCUT2D eigenvalue weighted by atomic mass is 16.5. The van der Waals surface area contributed by atoms with Gasteiger partial charge in [0.05, 0.1) is 13.2 Å². The van der Waals surface area contributed by atoms with Gasteiger partial charge in [0.25, 0.3) is 0 Å². The first-order valence-electron chi connectivity index (χ1n) is 6.39. The molecule has 0 aliphatic heterocycles. The summed E-state index contributed by atoms with van der Waals surface area (Å²) in [5.41, 5.74) is 2.04. The van der Waals surface area contributed by atoms with E-state index in [4.69, 9.17) is 14.6 Å². The summed E-state index contributed by atoms with van der Waals surface area (Å²) in [7, 11) is 1.67. The summed E-state index contributed by atoms with van der Waals surface area (Å²) >= 11 is 0. The number of benzene rings is 1. The maximum Gasteiger partial charge on any atom is 0.126 e. The fraction of sp³-hybridized carbons (Fsp3) is 0.571. The Kier molecular flexibility index (Phi) is 7.43. The number of para-hydroxylation sites is 1. The Bertz CT molecular complexity index is 370. The van der Waals surface area contributed by atoms with Crippen LogP contribution in [0.1, 0.15) is 11.1 Å². The lowest BCUT2D eigenvalue weighted by Crippen LogP contribution is -2.23. The molecule has 108 valence electrons. The molecule has 1 rings (SSSR count). The van der Waals surface area contributed by atoms with Crippen molar-refractivity contribution in [3.05, 3.63) is 29.3 Å². The van der Waals surface area contributed by atoms with E-state index >= 15 is 0 Å². The van der Waals surface area contributed by atoms with Crippen LogP contribution in [0, 0.1) is 6.92 Å². The molecule has 0 aromatic heterocycles. The van der Waals surface area contributed by atoms with Gasteiger partial charge in [0, 0.05) is 25.8 Å². The van der Waals surface area contributed by atoms with E-state index in [1.54, 1.807) is 7.11 Å². The molecule has 0 bridgehead atoms. The minimum Gasteiger partial charge on any atom is -0.490 e. The van der Waals surface area contributed by atoms with Crippen LogP contribution in [0.2, 0.25) is 0 Å². The SMILES string of the molecule is COCCNCc1cccc(C)c1OCC(O)CO. The van der Waals surface area contributed by atoms with Crippen molar-refractivity contribution in [2.45, 2.75) is 19.6 Å². The molecule has 3 N–H and O–H groups in total. The molecule has 0 radical (unpaired) electrons. The molecule has 1 aromatic rings. The van der Waals surface area contributed by atoms with Crippen LogP contribution >= 0.6 is 0 Å². The van der Waals surface area contributed by atoms with E-state index in [1.165, 1.54) is 0 Å². The molecule has 0 spiro atoms. The second-order valence-electron chi connectivity index (χ2n) is 4.38. The summed E-state index contributed by atoms with van der Waals surface area (Å²) in [6.45, 7) is 3.85. The van der Waals surface area contributed by atoms with E-state index < -0.39 is 6.10 Å². The standard InChI is InChI=1S/C14H23NO4/c1-11-4-3-5-12(8-15-6-7-18-2)14(11)19-10-13(17)9-16/h3-5,13,15-17H,6-10H2,1-2H3. The number of hydrogen-bond donors (Lipinski definition) is 3. The lowest BCUT2D eigenvalue weighted by atomic mass is 10.1. The van der Waals surface area contributed by atoms with Gasteiger partial charge in [0.15, 0.2) is 0 Å². The van der Waals surface area contributed by atoms with Gasteiger partial charge in [-0.05, 0) is 12.5 Å². The summed E-state index contributed by atoms with van der Waals surface area (Å²) < 4.78 is 10.6. The average molecular weight is 269 g/mol. The predicted molar refractivity (Wildman–Crippen MR) is 73.3 cm³/mol. The monoisotopic (exact) mass is 269 g/mol. The van der Waals surface area contributed by atoms with E-state index in [0.717, 1.165) is 23.4 Å². The Morgan fingerprint density at radius 3 is 2.84 bits per heavy atom. The van der Waals surface area contributed by atoms with E-state index in [-0.39, 0.29) is 13.2 Å². The van der Waals surface area contributed by atoms with Crippen LogP contribution in [-0.2, 0) is 11.3 Å². The number of rotatable bonds is 9. The van der Waals surface area contributed by atoms with Crippen molar-refractivity contribution in [2.24, 2.45) is 0 Å². The molecular formula is C14H23NO4. The number of nitrogens with one attached hydrogen (secondary N) is 1. The molecular weight excluding hydrogens is 246 g/mol. The summed E-state index contributed by atoms with van der Waals surface area (Å²) in [5.74, 6) is 0.764. The number of aliphatic hydroxyl groups is 2. The molecule has 1 aromatic carbocycles. The zero-order valence-corrected chi connectivity index (χ0v) is 11.6. The largest absolute Gasteiger partial charge is 0.490 e. The number of hydrogen-bond acceptors (Lipinski definition) is 5. The third kappa shape index (κ3) is 5.57. The quantitative estimate of drug-likeness (QED) is 0.568. The van der Waals surface area contributed by atoms with Crippen LogP contribution in [0.3, 0.4) is 0 Å². The fourth-order valence-corrected chi connectivity index (χ4v) is 1.69. The molecule has 0 aliphatic carbocycles. The van der Waals surface area contributed by atoms with Gasteiger partial charge in [0.2, 0.25) is 0 Å². The summed E-state index contributed by atoms with van der Waals surface area (Å²) in [4.78, 5) is 0. The summed E-state index contributed by atoms with van der Waals surface area (Å²) in [6.07, 6.45) is -0.853. The van der Waals surface area contributed by atoms with E-state index in [1.807, 2.05) is 25.1 Å². The molecule has 0 saturated heterocycles. The fourth-order valence-electron chi connectivity index (χ4n) is 1.69. The van der Waals surface area contributed by atoms with Crippen molar-refractivity contribution < 1.29 is 19.7 Å². The predicted octanol–water partition coefficient (Wildman–Crippen LogP) is 0.463. The molecule has 0 amide bonds. The van der Waals surface area contributed by atoms with Crippen LogP contribution in [0.4, 0.5) is 0 Å². The topological polar surface area (TPSA) is 71.0 Å². The van der Waals surface area contributed by atoms with Gasteiger partial charge in [-0.15, -0.1) is 0 Å². The van der Waals surface area contributed by atoms with Gasteiger partial charge < -0.3 is 25.0 Å². The number of aliphatic hydroxyl groups excluding tert-OH is 2. The number of aryl methyl sites for hydroxylation is 1. The molecule has 5 heteroatoms. The van der Waals surface area contributed by atoms with Gasteiger partial charge in [-0.25, -0.2) is 0 Å². The zero-order valence-electron chi connectivity index (χ0n) is 11.6. The molecule has 19 heavy (non-hydrogen) atoms. The van der Waals surface area contributed by atoms with Gasteiger partial charge in [-0.2, -0.15) is 0 Å². The molecule has 0 heterocycles. The molecule has 0 saturated carbocycles. The van der Waals surface area contributed by atoms with Gasteiger partial charge in [-0.3, -0.25) is 0 Å². The maximum absolute atomic E-state index is 9.34. The van der Waals surface area contributed by atoms with Gasteiger partial charge >= 0.3 is 0 Å². The Hall–Kier alpha value is -1.14. The minimum absolute atomic E-state index is 0.0897. The highest BCUT2D eigenvalue weighted by molar-refractivity contribution is 5.40. The third-order valence-corrected chi connectivity index (χ3v) is 2.72. The number of methoxy groups -OCH3 is 1. The van der Waals surface area contributed by atoms with E-state index in [2.05, 4.69) is 5.32 Å². The Balaban J connectivity index is 2.61. The lowest BCUT2D eigenvalue weighted by molar-refractivity contribution is 0.0530. The summed E-state index contributed by atoms with van der Waals surface area (Å²) in [5, 5.41) is 21.4. The van der Waals surface area contributed by atoms with Crippen molar-refractivity contribution in [2.75, 3.05) is 33.5 Å². The van der Waals surface area contributed by atoms with Crippen LogP contribution in [0.15, 0.2) is 18.2 Å². The molecule has 1 unspecified atom stereocenters. The van der Waals surface area contributed by atoms with Crippen LogP contribution in [-0.4, -0.2) is 49.8 Å². The third-order valence-electron chi connectivity index (χ3n) is 2.72. The zero-order chi connectivity index (χ0) is 14.1. The van der Waals surface area contributed by atoms with Crippen LogP contribution < -0.4 is 10.1 Å². The van der Waals surface area contributed by atoms with Crippen molar-refractivity contribution in [1.29, 1.82) is 0 Å². The summed E-state index contributed by atoms with van der Waals surface area (Å²) in [6, 6.07) is 5.91. The second kappa shape index (κ2) is 8.87. The van der Waals surface area contributed by atoms with Crippen LogP contribution in [0.25, 0.3) is 0 Å². The molecule has 0 aliphatic rings. The average Bonchev–Trinajstić information content (AvgIpc) is 2.42. The molecule has 0 fully saturated rings. The Labute approximate surface area is 114 Å². The van der Waals surface area contributed by atoms with Gasteiger partial charge in [-0.1, -0.05) is 18.2 Å². The second-order valence-corrected chi connectivity index (χ2v) is 4.38. The normalized spacial score (nSPS) is 12.4. The maximum atomic E-state index is 9.34. The molecule has 5 nitrogen and oxygen atoms in total. The Morgan fingerprint density at radius 2 is 2.16 bits per heavy atom. The first-order valence-corrected chi connectivity index (χ1v) is 6.39. The highest BCUT2D eigenvalue weighted by Crippen LogP contribution is 2.23. The lowest BCUT2D eigenvalue weighted by Gasteiger charge is -2.16. The number of ether oxygens (including phenoxy) is 2. The first kappa shape index (κ1) is 15.9. The van der Waals surface area contributed by atoms with Crippen molar-refractivity contribution in [3.63, 3.8) is 0 Å². The van der Waals surface area contributed by atoms with Crippen LogP contribution in [0.5, 0.6) is 5.75 Å². The highest BCUT2D eigenvalue weighted by Gasteiger charge is 2.09. The van der Waals surface area contributed by atoms with E-state index in [0.29, 0.717) is 13.2 Å². The van der Waals surface area contributed by atoms with Crippen molar-refractivity contribution in [1.82, 2.24) is 5.32 Å². The van der Waals surface area contributed by atoms with Crippen molar-refractivity contribution in [3.8, 4) is 5.75 Å². The first-order chi connectivity index (χ1) is 9.19. The minimum atomic E-state index is -0.853. The van der Waals surface area contributed by atoms with E-state index in [9.17, 15) is 5.11 Å². The molecule has 1 atom stereocenters. The van der Waals surface area contributed by atoms with Gasteiger partial charge in [0.1, 0.15) is 18.5 Å². The smallest absolute Gasteiger partial charge is 0.126 e.